The van der Waals surface area contributed by atoms with Crippen LogP contribution in [0.25, 0.3) is 0 Å². The van der Waals surface area contributed by atoms with Crippen LogP contribution in [0.2, 0.25) is 0 Å². The molecule has 0 saturated carbocycles. The summed E-state index contributed by atoms with van der Waals surface area (Å²) in [5, 5.41) is 5.64. The SMILES string of the molecule is CC(C)CN=C1NC(=O)C(C)(c2ccc(Br)cc2F)N1. The number of rotatable bonds is 3. The summed E-state index contributed by atoms with van der Waals surface area (Å²) in [6, 6.07) is 4.65. The summed E-state index contributed by atoms with van der Waals surface area (Å²) in [6.45, 7) is 6.32. The van der Waals surface area contributed by atoms with E-state index in [1.165, 1.54) is 6.07 Å². The van der Waals surface area contributed by atoms with E-state index in [4.69, 9.17) is 0 Å². The summed E-state index contributed by atoms with van der Waals surface area (Å²) in [5.41, 5.74) is -0.839. The first-order valence-corrected chi connectivity index (χ1v) is 7.22. The number of halogens is 2. The second-order valence-corrected chi connectivity index (χ2v) is 6.33. The molecule has 0 aromatic heterocycles. The maximum Gasteiger partial charge on any atom is 0.256 e. The first-order chi connectivity index (χ1) is 9.33. The van der Waals surface area contributed by atoms with E-state index < -0.39 is 11.4 Å². The topological polar surface area (TPSA) is 53.5 Å². The third-order valence-corrected chi connectivity index (χ3v) is 3.63. The highest BCUT2D eigenvalue weighted by Crippen LogP contribution is 2.28. The molecule has 20 heavy (non-hydrogen) atoms. The molecule has 1 unspecified atom stereocenters. The lowest BCUT2D eigenvalue weighted by Gasteiger charge is -2.22. The number of nitrogens with zero attached hydrogens (tertiary/aromatic N) is 1. The third-order valence-electron chi connectivity index (χ3n) is 3.14. The van der Waals surface area contributed by atoms with Crippen molar-refractivity contribution >= 4 is 27.8 Å². The molecule has 1 atom stereocenters. The molecule has 1 aromatic rings. The summed E-state index contributed by atoms with van der Waals surface area (Å²) in [4.78, 5) is 16.4. The molecular weight excluding hydrogens is 325 g/mol. The van der Waals surface area contributed by atoms with E-state index in [1.807, 2.05) is 13.8 Å². The first kappa shape index (κ1) is 15.0. The maximum absolute atomic E-state index is 14.1. The molecule has 0 radical (unpaired) electrons. The van der Waals surface area contributed by atoms with Crippen molar-refractivity contribution < 1.29 is 9.18 Å². The van der Waals surface area contributed by atoms with Crippen molar-refractivity contribution in [2.45, 2.75) is 26.3 Å². The molecule has 1 saturated heterocycles. The van der Waals surface area contributed by atoms with Gasteiger partial charge >= 0.3 is 0 Å². The molecule has 1 aliphatic heterocycles. The van der Waals surface area contributed by atoms with Crippen LogP contribution in [-0.2, 0) is 10.3 Å². The van der Waals surface area contributed by atoms with Crippen molar-refractivity contribution in [3.63, 3.8) is 0 Å². The predicted octanol–water partition coefficient (Wildman–Crippen LogP) is 2.53. The van der Waals surface area contributed by atoms with Crippen molar-refractivity contribution in [1.82, 2.24) is 10.6 Å². The Labute approximate surface area is 126 Å². The lowest BCUT2D eigenvalue weighted by Crippen LogP contribution is -2.41. The average Bonchev–Trinajstić information content (AvgIpc) is 2.63. The van der Waals surface area contributed by atoms with E-state index in [9.17, 15) is 9.18 Å². The minimum absolute atomic E-state index is 0.299. The van der Waals surface area contributed by atoms with Gasteiger partial charge in [-0.25, -0.2) is 4.39 Å². The van der Waals surface area contributed by atoms with Gasteiger partial charge in [-0.1, -0.05) is 35.8 Å². The van der Waals surface area contributed by atoms with Gasteiger partial charge in [0, 0.05) is 16.6 Å². The monoisotopic (exact) mass is 341 g/mol. The Morgan fingerprint density at radius 1 is 1.45 bits per heavy atom. The van der Waals surface area contributed by atoms with Crippen LogP contribution in [0.15, 0.2) is 27.7 Å². The lowest BCUT2D eigenvalue weighted by molar-refractivity contribution is -0.123. The number of carbonyl (C=O) groups is 1. The zero-order chi connectivity index (χ0) is 14.9. The van der Waals surface area contributed by atoms with Crippen LogP contribution < -0.4 is 10.6 Å². The summed E-state index contributed by atoms with van der Waals surface area (Å²) < 4.78 is 14.7. The van der Waals surface area contributed by atoms with Crippen molar-refractivity contribution in [2.24, 2.45) is 10.9 Å². The predicted molar refractivity (Wildman–Crippen MR) is 79.9 cm³/mol. The molecule has 0 spiro atoms. The van der Waals surface area contributed by atoms with Crippen LogP contribution in [0.1, 0.15) is 26.3 Å². The second-order valence-electron chi connectivity index (χ2n) is 5.41. The number of hydrogen-bond acceptors (Lipinski definition) is 2. The number of nitrogens with one attached hydrogen (secondary N) is 2. The number of hydrogen-bond donors (Lipinski definition) is 2. The smallest absolute Gasteiger partial charge is 0.256 e. The molecular formula is C14H17BrFN3O. The molecule has 1 aromatic carbocycles. The summed E-state index contributed by atoms with van der Waals surface area (Å²) in [5.74, 6) is 0.0434. The fourth-order valence-electron chi connectivity index (χ4n) is 1.99. The molecule has 1 amide bonds. The molecule has 108 valence electrons. The van der Waals surface area contributed by atoms with E-state index in [0.29, 0.717) is 28.5 Å². The Morgan fingerprint density at radius 3 is 2.75 bits per heavy atom. The van der Waals surface area contributed by atoms with Gasteiger partial charge in [-0.3, -0.25) is 15.1 Å². The van der Waals surface area contributed by atoms with Crippen LogP contribution in [0.4, 0.5) is 4.39 Å². The van der Waals surface area contributed by atoms with Gasteiger partial charge in [0.15, 0.2) is 5.96 Å². The fourth-order valence-corrected chi connectivity index (χ4v) is 2.33. The van der Waals surface area contributed by atoms with E-state index >= 15 is 0 Å². The lowest BCUT2D eigenvalue weighted by atomic mass is 9.92. The highest BCUT2D eigenvalue weighted by molar-refractivity contribution is 9.10. The van der Waals surface area contributed by atoms with Crippen LogP contribution in [0.3, 0.4) is 0 Å². The van der Waals surface area contributed by atoms with E-state index in [1.54, 1.807) is 19.1 Å². The maximum atomic E-state index is 14.1. The van der Waals surface area contributed by atoms with Crippen LogP contribution in [0.5, 0.6) is 0 Å². The van der Waals surface area contributed by atoms with Crippen LogP contribution in [0, 0.1) is 11.7 Å². The van der Waals surface area contributed by atoms with E-state index in [-0.39, 0.29) is 5.91 Å². The van der Waals surface area contributed by atoms with Gasteiger partial charge in [0.1, 0.15) is 11.4 Å². The Bertz CT molecular complexity index is 574. The molecule has 4 nitrogen and oxygen atoms in total. The van der Waals surface area contributed by atoms with E-state index in [2.05, 4.69) is 31.6 Å². The fraction of sp³-hybridized carbons (Fsp3) is 0.429. The number of carbonyl (C=O) groups excluding carboxylic acids is 1. The minimum Gasteiger partial charge on any atom is -0.338 e. The Balaban J connectivity index is 2.31. The molecule has 1 fully saturated rings. The summed E-state index contributed by atoms with van der Waals surface area (Å²) >= 11 is 3.21. The largest absolute Gasteiger partial charge is 0.338 e. The number of aliphatic imine (C=N–C) groups is 1. The average molecular weight is 342 g/mol. The molecule has 2 rings (SSSR count). The van der Waals surface area contributed by atoms with Crippen LogP contribution >= 0.6 is 15.9 Å². The van der Waals surface area contributed by atoms with Crippen molar-refractivity contribution in [3.05, 3.63) is 34.1 Å². The van der Waals surface area contributed by atoms with Crippen molar-refractivity contribution in [1.29, 1.82) is 0 Å². The first-order valence-electron chi connectivity index (χ1n) is 6.42. The van der Waals surface area contributed by atoms with Crippen molar-refractivity contribution in [2.75, 3.05) is 6.54 Å². The molecule has 1 heterocycles. The van der Waals surface area contributed by atoms with Gasteiger partial charge in [0.2, 0.25) is 0 Å². The van der Waals surface area contributed by atoms with Crippen LogP contribution in [-0.4, -0.2) is 18.4 Å². The van der Waals surface area contributed by atoms with Gasteiger partial charge in [0.25, 0.3) is 5.91 Å². The zero-order valence-electron chi connectivity index (χ0n) is 11.6. The van der Waals surface area contributed by atoms with Gasteiger partial charge in [-0.15, -0.1) is 0 Å². The summed E-state index contributed by atoms with van der Waals surface area (Å²) in [7, 11) is 0. The van der Waals surface area contributed by atoms with Gasteiger partial charge in [-0.05, 0) is 25.0 Å². The normalized spacial score (nSPS) is 24.1. The van der Waals surface area contributed by atoms with Gasteiger partial charge in [-0.2, -0.15) is 0 Å². The zero-order valence-corrected chi connectivity index (χ0v) is 13.2. The van der Waals surface area contributed by atoms with Gasteiger partial charge in [0.05, 0.1) is 0 Å². The molecule has 2 N–H and O–H groups in total. The van der Waals surface area contributed by atoms with Gasteiger partial charge < -0.3 is 5.32 Å². The summed E-state index contributed by atoms with van der Waals surface area (Å²) in [6.07, 6.45) is 0. The Morgan fingerprint density at radius 2 is 2.15 bits per heavy atom. The number of guanidine groups is 1. The third kappa shape index (κ3) is 2.85. The molecule has 6 heteroatoms. The quantitative estimate of drug-likeness (QED) is 0.887. The number of benzene rings is 1. The highest BCUT2D eigenvalue weighted by atomic mass is 79.9. The second kappa shape index (κ2) is 5.52. The van der Waals surface area contributed by atoms with Crippen molar-refractivity contribution in [3.8, 4) is 0 Å². The number of amides is 1. The Hall–Kier alpha value is -1.43. The standard InChI is InChI=1S/C14H17BrFN3O/c1-8(2)7-17-13-18-12(20)14(3,19-13)10-5-4-9(15)6-11(10)16/h4-6,8H,7H2,1-3H3,(H2,17,18,19,20). The van der Waals surface area contributed by atoms with E-state index in [0.717, 1.165) is 0 Å². The molecule has 1 aliphatic rings. The Kier molecular flexibility index (Phi) is 4.13. The highest BCUT2D eigenvalue weighted by Gasteiger charge is 2.44. The molecule has 0 aliphatic carbocycles. The minimum atomic E-state index is -1.14. The molecule has 0 bridgehead atoms.